The molecule has 1 heterocycles. The first-order valence-corrected chi connectivity index (χ1v) is 2.51. The Labute approximate surface area is 58.7 Å². The van der Waals surface area contributed by atoms with Gasteiger partial charge in [0, 0.05) is 0 Å². The molecular weight excluding hydrogens is 154 g/mol. The van der Waals surface area contributed by atoms with Gasteiger partial charge in [-0.1, -0.05) is 0 Å². The number of rotatable bonds is 1. The lowest BCUT2D eigenvalue weighted by Crippen LogP contribution is -2.36. The van der Waals surface area contributed by atoms with Crippen LogP contribution in [0.4, 0.5) is 0 Å². The first-order chi connectivity index (χ1) is 5.11. The molecular formula is C4H2N3O4-. The maximum absolute atomic E-state index is 10.5. The van der Waals surface area contributed by atoms with Crippen molar-refractivity contribution in [2.24, 2.45) is 0 Å². The Morgan fingerprint density at radius 1 is 1.45 bits per heavy atom. The lowest BCUT2D eigenvalue weighted by Gasteiger charge is -1.95. The summed E-state index contributed by atoms with van der Waals surface area (Å²) in [7, 11) is 0. The molecule has 1 aromatic heterocycles. The van der Waals surface area contributed by atoms with E-state index >= 15 is 0 Å². The smallest absolute Gasteiger partial charge is 0.342 e. The van der Waals surface area contributed by atoms with Crippen LogP contribution in [-0.2, 0) is 0 Å². The molecule has 0 atom stereocenters. The highest BCUT2D eigenvalue weighted by Crippen LogP contribution is 1.71. The maximum atomic E-state index is 10.5. The molecule has 58 valence electrons. The lowest BCUT2D eigenvalue weighted by atomic mass is 10.5. The second kappa shape index (κ2) is 2.37. The van der Waals surface area contributed by atoms with Gasteiger partial charge in [-0.05, 0) is 0 Å². The number of carbonyl (C=O) groups is 1. The van der Waals surface area contributed by atoms with Crippen molar-refractivity contribution in [1.29, 1.82) is 0 Å². The summed E-state index contributed by atoms with van der Waals surface area (Å²) in [6, 6.07) is 0. The van der Waals surface area contributed by atoms with Gasteiger partial charge in [0.05, 0.1) is 5.97 Å². The fourth-order valence-corrected chi connectivity index (χ4v) is 0.486. The Morgan fingerprint density at radius 3 is 2.55 bits per heavy atom. The van der Waals surface area contributed by atoms with Crippen LogP contribution in [-0.4, -0.2) is 21.2 Å². The van der Waals surface area contributed by atoms with E-state index in [1.54, 1.807) is 10.1 Å². The summed E-state index contributed by atoms with van der Waals surface area (Å²) in [6.07, 6.45) is 0. The molecule has 7 nitrogen and oxygen atoms in total. The topological polar surface area (TPSA) is 119 Å². The van der Waals surface area contributed by atoms with Gasteiger partial charge < -0.3 is 9.90 Å². The van der Waals surface area contributed by atoms with Crippen molar-refractivity contribution >= 4 is 5.97 Å². The molecule has 0 unspecified atom stereocenters. The Kier molecular flexibility index (Phi) is 1.55. The summed E-state index contributed by atoms with van der Waals surface area (Å²) < 4.78 is 0. The highest BCUT2D eigenvalue weighted by molar-refractivity contribution is 5.82. The van der Waals surface area contributed by atoms with Gasteiger partial charge in [0.25, 0.3) is 5.56 Å². The van der Waals surface area contributed by atoms with E-state index in [1.165, 1.54) is 0 Å². The van der Waals surface area contributed by atoms with Gasteiger partial charge in [-0.2, -0.15) is 5.10 Å². The minimum Gasteiger partial charge on any atom is -0.543 e. The summed E-state index contributed by atoms with van der Waals surface area (Å²) in [5, 5.41) is 14.7. The van der Waals surface area contributed by atoms with Gasteiger partial charge in [-0.3, -0.25) is 9.78 Å². The molecule has 0 aromatic carbocycles. The maximum Gasteiger partial charge on any atom is 0.342 e. The van der Waals surface area contributed by atoms with Crippen LogP contribution in [0.2, 0.25) is 0 Å². The molecule has 0 amide bonds. The number of aromatic nitrogens is 3. The molecule has 2 N–H and O–H groups in total. The number of hydrogen-bond acceptors (Lipinski definition) is 5. The third-order valence-electron chi connectivity index (χ3n) is 0.905. The SMILES string of the molecule is O=C([O-])c1n[nH]c(=O)[nH]c1=O. The fourth-order valence-electron chi connectivity index (χ4n) is 0.486. The van der Waals surface area contributed by atoms with Crippen LogP contribution in [0.25, 0.3) is 0 Å². The molecule has 0 radical (unpaired) electrons. The Hall–Kier alpha value is -1.92. The molecule has 0 saturated heterocycles. The van der Waals surface area contributed by atoms with Gasteiger partial charge in [0.1, 0.15) is 0 Å². The predicted molar refractivity (Wildman–Crippen MR) is 29.8 cm³/mol. The van der Waals surface area contributed by atoms with Gasteiger partial charge in [-0.15, -0.1) is 0 Å². The molecule has 1 aromatic rings. The molecule has 0 saturated carbocycles. The number of nitrogens with zero attached hydrogens (tertiary/aromatic N) is 1. The molecule has 0 spiro atoms. The highest BCUT2D eigenvalue weighted by Gasteiger charge is 2.00. The minimum atomic E-state index is -1.73. The van der Waals surface area contributed by atoms with Crippen LogP contribution >= 0.6 is 0 Å². The molecule has 0 fully saturated rings. The van der Waals surface area contributed by atoms with E-state index in [2.05, 4.69) is 5.10 Å². The second-order valence-corrected chi connectivity index (χ2v) is 1.64. The summed E-state index contributed by atoms with van der Waals surface area (Å²) >= 11 is 0. The number of aromatic carboxylic acids is 1. The van der Waals surface area contributed by atoms with Crippen molar-refractivity contribution in [2.45, 2.75) is 0 Å². The number of nitrogens with one attached hydrogen (secondary N) is 2. The zero-order valence-corrected chi connectivity index (χ0v) is 5.08. The summed E-state index contributed by atoms with van der Waals surface area (Å²) in [6.45, 7) is 0. The zero-order valence-electron chi connectivity index (χ0n) is 5.08. The van der Waals surface area contributed by atoms with Crippen LogP contribution in [0.1, 0.15) is 10.5 Å². The number of carboxylic acids is 1. The highest BCUT2D eigenvalue weighted by atomic mass is 16.4. The third-order valence-corrected chi connectivity index (χ3v) is 0.905. The molecule has 0 aliphatic carbocycles. The summed E-state index contributed by atoms with van der Waals surface area (Å²) in [4.78, 5) is 32.5. The predicted octanol–water partition coefficient (Wildman–Crippen LogP) is -3.18. The average molecular weight is 156 g/mol. The molecule has 11 heavy (non-hydrogen) atoms. The Balaban J connectivity index is 3.43. The van der Waals surface area contributed by atoms with Crippen LogP contribution in [0, 0.1) is 0 Å². The average Bonchev–Trinajstić information content (AvgIpc) is 1.85. The number of carboxylic acid groups (broad SMARTS) is 1. The quantitative estimate of drug-likeness (QED) is 0.444. The Bertz CT molecular complexity index is 389. The number of aromatic amines is 2. The second-order valence-electron chi connectivity index (χ2n) is 1.64. The van der Waals surface area contributed by atoms with Crippen molar-refractivity contribution < 1.29 is 9.90 Å². The molecule has 1 rings (SSSR count). The summed E-state index contributed by atoms with van der Waals surface area (Å²) in [5.41, 5.74) is -2.78. The van der Waals surface area contributed by atoms with E-state index in [9.17, 15) is 19.5 Å². The van der Waals surface area contributed by atoms with E-state index in [0.29, 0.717) is 0 Å². The van der Waals surface area contributed by atoms with E-state index < -0.39 is 22.9 Å². The van der Waals surface area contributed by atoms with Crippen LogP contribution in [0.15, 0.2) is 9.59 Å². The van der Waals surface area contributed by atoms with Gasteiger partial charge in [0.2, 0.25) is 0 Å². The largest absolute Gasteiger partial charge is 0.543 e. The van der Waals surface area contributed by atoms with Crippen LogP contribution < -0.4 is 16.4 Å². The minimum absolute atomic E-state index is 0.843. The molecule has 0 aliphatic rings. The first kappa shape index (κ1) is 7.19. The normalized spacial score (nSPS) is 9.45. The first-order valence-electron chi connectivity index (χ1n) is 2.51. The molecule has 0 bridgehead atoms. The zero-order chi connectivity index (χ0) is 8.43. The van der Waals surface area contributed by atoms with Crippen LogP contribution in [0.3, 0.4) is 0 Å². The lowest BCUT2D eigenvalue weighted by molar-refractivity contribution is -0.255. The van der Waals surface area contributed by atoms with Gasteiger partial charge in [0.15, 0.2) is 5.69 Å². The number of H-pyrrole nitrogens is 2. The van der Waals surface area contributed by atoms with Crippen LogP contribution in [0.5, 0.6) is 0 Å². The monoisotopic (exact) mass is 156 g/mol. The molecule has 0 aliphatic heterocycles. The van der Waals surface area contributed by atoms with Crippen molar-refractivity contribution in [3.63, 3.8) is 0 Å². The van der Waals surface area contributed by atoms with Crippen molar-refractivity contribution in [3.05, 3.63) is 26.5 Å². The van der Waals surface area contributed by atoms with Crippen molar-refractivity contribution in [3.8, 4) is 0 Å². The summed E-state index contributed by atoms with van der Waals surface area (Å²) in [5.74, 6) is -1.73. The standard InChI is InChI=1S/C4H3N3O4/c8-2-1(3(9)10)6-7-4(11)5-2/h(H,9,10)(H2,5,7,8,11)/p-1. The van der Waals surface area contributed by atoms with Crippen molar-refractivity contribution in [2.75, 3.05) is 0 Å². The molecule has 7 heteroatoms. The van der Waals surface area contributed by atoms with E-state index in [-0.39, 0.29) is 0 Å². The van der Waals surface area contributed by atoms with Crippen molar-refractivity contribution in [1.82, 2.24) is 15.2 Å². The Morgan fingerprint density at radius 2 is 2.09 bits per heavy atom. The number of hydrogen-bond donors (Lipinski definition) is 2. The van der Waals surface area contributed by atoms with Gasteiger partial charge in [-0.25, -0.2) is 9.89 Å². The van der Waals surface area contributed by atoms with E-state index in [1.807, 2.05) is 0 Å². The van der Waals surface area contributed by atoms with Gasteiger partial charge >= 0.3 is 5.69 Å². The van der Waals surface area contributed by atoms with E-state index in [4.69, 9.17) is 0 Å². The van der Waals surface area contributed by atoms with E-state index in [0.717, 1.165) is 0 Å². The fraction of sp³-hybridized carbons (Fsp3) is 0. The number of carbonyl (C=O) groups excluding carboxylic acids is 1. The third kappa shape index (κ3) is 1.31.